The molecule has 4 nitrogen and oxygen atoms in total. The maximum Gasteiger partial charge on any atom is 0.178 e. The molecule has 2 heterocycles. The van der Waals surface area contributed by atoms with Gasteiger partial charge >= 0.3 is 0 Å². The van der Waals surface area contributed by atoms with E-state index in [4.69, 9.17) is 21.7 Å². The predicted octanol–water partition coefficient (Wildman–Crippen LogP) is 3.86. The maximum atomic E-state index is 5.50. The average Bonchev–Trinajstić information content (AvgIpc) is 2.82. The summed E-state index contributed by atoms with van der Waals surface area (Å²) in [6.45, 7) is 0.981. The van der Waals surface area contributed by atoms with Crippen LogP contribution in [0.2, 0.25) is 0 Å². The summed E-state index contributed by atoms with van der Waals surface area (Å²) in [4.78, 5) is 3.28. The van der Waals surface area contributed by atoms with Gasteiger partial charge < -0.3 is 19.0 Å². The number of aromatic amines is 1. The summed E-state index contributed by atoms with van der Waals surface area (Å²) >= 11 is 7.55. The van der Waals surface area contributed by atoms with Crippen LogP contribution < -0.4 is 9.47 Å². The van der Waals surface area contributed by atoms with Crippen molar-refractivity contribution >= 4 is 35.0 Å². The Balaban J connectivity index is 2.01. The molecule has 0 saturated carbocycles. The van der Waals surface area contributed by atoms with E-state index < -0.39 is 0 Å². The van der Waals surface area contributed by atoms with Gasteiger partial charge in [-0.2, -0.15) is 11.8 Å². The standard InChI is InChI=1S/C15H20N2O2S2/c1-18-13-7-11-12(8-14(13)19-2)17(15(20)16-11)9-10-3-5-21-6-4-10/h7-8,10H,3-6,9H2,1-2H3,(H,16,20). The van der Waals surface area contributed by atoms with E-state index >= 15 is 0 Å². The van der Waals surface area contributed by atoms with Gasteiger partial charge in [-0.15, -0.1) is 0 Å². The third-order valence-electron chi connectivity index (χ3n) is 4.06. The SMILES string of the molecule is COc1cc2[nH]c(=S)n(CC3CCSCC3)c2cc1OC. The van der Waals surface area contributed by atoms with Crippen molar-refractivity contribution in [3.8, 4) is 11.5 Å². The lowest BCUT2D eigenvalue weighted by molar-refractivity contribution is 0.355. The van der Waals surface area contributed by atoms with Crippen LogP contribution in [-0.2, 0) is 6.54 Å². The number of rotatable bonds is 4. The minimum Gasteiger partial charge on any atom is -0.493 e. The predicted molar refractivity (Wildman–Crippen MR) is 90.3 cm³/mol. The number of nitrogens with zero attached hydrogens (tertiary/aromatic N) is 1. The molecule has 0 atom stereocenters. The van der Waals surface area contributed by atoms with Gasteiger partial charge in [-0.25, -0.2) is 0 Å². The smallest absolute Gasteiger partial charge is 0.178 e. The number of nitrogens with one attached hydrogen (secondary N) is 1. The van der Waals surface area contributed by atoms with Crippen LogP contribution in [0, 0.1) is 10.7 Å². The van der Waals surface area contributed by atoms with Crippen molar-refractivity contribution in [1.29, 1.82) is 0 Å². The number of benzene rings is 1. The normalized spacial score (nSPS) is 16.3. The fraction of sp³-hybridized carbons (Fsp3) is 0.533. The first-order valence-corrected chi connectivity index (χ1v) is 8.71. The van der Waals surface area contributed by atoms with Crippen molar-refractivity contribution in [2.75, 3.05) is 25.7 Å². The Morgan fingerprint density at radius 2 is 1.90 bits per heavy atom. The number of hydrogen-bond acceptors (Lipinski definition) is 4. The van der Waals surface area contributed by atoms with Crippen LogP contribution in [0.3, 0.4) is 0 Å². The van der Waals surface area contributed by atoms with Gasteiger partial charge in [0.1, 0.15) is 0 Å². The number of thioether (sulfide) groups is 1. The summed E-state index contributed by atoms with van der Waals surface area (Å²) in [5.74, 6) is 4.70. The summed E-state index contributed by atoms with van der Waals surface area (Å²) in [6.07, 6.45) is 2.54. The van der Waals surface area contributed by atoms with Gasteiger partial charge in [0.25, 0.3) is 0 Å². The second kappa shape index (κ2) is 6.32. The lowest BCUT2D eigenvalue weighted by Crippen LogP contribution is -2.16. The summed E-state index contributed by atoms with van der Waals surface area (Å²) < 4.78 is 13.7. The van der Waals surface area contributed by atoms with Crippen LogP contribution >= 0.6 is 24.0 Å². The number of hydrogen-bond donors (Lipinski definition) is 1. The summed E-state index contributed by atoms with van der Waals surface area (Å²) in [6, 6.07) is 3.97. The number of H-pyrrole nitrogens is 1. The second-order valence-electron chi connectivity index (χ2n) is 5.32. The third kappa shape index (κ3) is 2.92. The largest absolute Gasteiger partial charge is 0.493 e. The Morgan fingerprint density at radius 3 is 2.57 bits per heavy atom. The minimum absolute atomic E-state index is 0.713. The highest BCUT2D eigenvalue weighted by molar-refractivity contribution is 7.99. The van der Waals surface area contributed by atoms with E-state index in [1.165, 1.54) is 24.3 Å². The molecule has 2 aromatic rings. The Labute approximate surface area is 133 Å². The Morgan fingerprint density at radius 1 is 1.24 bits per heavy atom. The topological polar surface area (TPSA) is 39.2 Å². The first-order valence-electron chi connectivity index (χ1n) is 7.15. The van der Waals surface area contributed by atoms with Gasteiger partial charge in [0.05, 0.1) is 25.3 Å². The number of methoxy groups -OCH3 is 2. The van der Waals surface area contributed by atoms with Gasteiger partial charge in [0.15, 0.2) is 16.3 Å². The van der Waals surface area contributed by atoms with E-state index in [1.807, 2.05) is 12.1 Å². The molecule has 1 aliphatic rings. The van der Waals surface area contributed by atoms with E-state index in [1.54, 1.807) is 14.2 Å². The van der Waals surface area contributed by atoms with Crippen molar-refractivity contribution in [3.05, 3.63) is 16.9 Å². The van der Waals surface area contributed by atoms with E-state index in [0.29, 0.717) is 5.92 Å². The van der Waals surface area contributed by atoms with Gasteiger partial charge in [0, 0.05) is 18.7 Å². The third-order valence-corrected chi connectivity index (χ3v) is 5.43. The molecule has 0 amide bonds. The number of fused-ring (bicyclic) bond motifs is 1. The molecule has 1 aromatic carbocycles. The molecule has 21 heavy (non-hydrogen) atoms. The zero-order chi connectivity index (χ0) is 14.8. The van der Waals surface area contributed by atoms with Gasteiger partial charge in [-0.1, -0.05) is 0 Å². The van der Waals surface area contributed by atoms with Crippen molar-refractivity contribution in [2.45, 2.75) is 19.4 Å². The minimum atomic E-state index is 0.713. The second-order valence-corrected chi connectivity index (χ2v) is 6.93. The molecule has 1 N–H and O–H groups in total. The van der Waals surface area contributed by atoms with Crippen molar-refractivity contribution in [1.82, 2.24) is 9.55 Å². The molecule has 0 aliphatic carbocycles. The van der Waals surface area contributed by atoms with Crippen molar-refractivity contribution in [2.24, 2.45) is 5.92 Å². The number of imidazole rings is 1. The highest BCUT2D eigenvalue weighted by atomic mass is 32.2. The summed E-state index contributed by atoms with van der Waals surface area (Å²) in [5.41, 5.74) is 2.10. The van der Waals surface area contributed by atoms with Crippen molar-refractivity contribution in [3.63, 3.8) is 0 Å². The quantitative estimate of drug-likeness (QED) is 0.867. The molecule has 114 valence electrons. The fourth-order valence-electron chi connectivity index (χ4n) is 2.85. The molecular formula is C15H20N2O2S2. The molecule has 0 radical (unpaired) electrons. The number of aromatic nitrogens is 2. The first kappa shape index (κ1) is 14.8. The van der Waals surface area contributed by atoms with Gasteiger partial charge in [-0.3, -0.25) is 0 Å². The fourth-order valence-corrected chi connectivity index (χ4v) is 4.34. The zero-order valence-electron chi connectivity index (χ0n) is 12.3. The molecule has 6 heteroatoms. The molecule has 0 unspecified atom stereocenters. The monoisotopic (exact) mass is 324 g/mol. The zero-order valence-corrected chi connectivity index (χ0v) is 14.0. The molecular weight excluding hydrogens is 304 g/mol. The highest BCUT2D eigenvalue weighted by Gasteiger charge is 2.17. The molecule has 0 bridgehead atoms. The van der Waals surface area contributed by atoms with E-state index in [9.17, 15) is 0 Å². The van der Waals surface area contributed by atoms with Crippen LogP contribution in [0.5, 0.6) is 11.5 Å². The average molecular weight is 324 g/mol. The highest BCUT2D eigenvalue weighted by Crippen LogP contribution is 2.33. The first-order chi connectivity index (χ1) is 10.2. The molecule has 3 rings (SSSR count). The number of ether oxygens (including phenoxy) is 2. The van der Waals surface area contributed by atoms with E-state index in [-0.39, 0.29) is 0 Å². The summed E-state index contributed by atoms with van der Waals surface area (Å²) in [5, 5.41) is 0. The molecule has 1 aliphatic heterocycles. The Bertz CT molecular complexity index is 687. The Kier molecular flexibility index (Phi) is 4.45. The van der Waals surface area contributed by atoms with Crippen LogP contribution in [0.15, 0.2) is 12.1 Å². The molecule has 0 spiro atoms. The Hall–Kier alpha value is -1.14. The summed E-state index contributed by atoms with van der Waals surface area (Å²) in [7, 11) is 3.31. The van der Waals surface area contributed by atoms with Crippen molar-refractivity contribution < 1.29 is 9.47 Å². The van der Waals surface area contributed by atoms with E-state index in [2.05, 4.69) is 21.3 Å². The maximum absolute atomic E-state index is 5.50. The van der Waals surface area contributed by atoms with Crippen LogP contribution in [0.4, 0.5) is 0 Å². The van der Waals surface area contributed by atoms with Crippen LogP contribution in [0.1, 0.15) is 12.8 Å². The lowest BCUT2D eigenvalue weighted by Gasteiger charge is -2.22. The van der Waals surface area contributed by atoms with Crippen LogP contribution in [0.25, 0.3) is 11.0 Å². The molecule has 1 aromatic heterocycles. The van der Waals surface area contributed by atoms with E-state index in [0.717, 1.165) is 33.8 Å². The van der Waals surface area contributed by atoms with Gasteiger partial charge in [0.2, 0.25) is 0 Å². The lowest BCUT2D eigenvalue weighted by atomic mass is 10.0. The molecule has 1 saturated heterocycles. The van der Waals surface area contributed by atoms with Gasteiger partial charge in [-0.05, 0) is 42.5 Å². The van der Waals surface area contributed by atoms with Crippen LogP contribution in [-0.4, -0.2) is 35.3 Å². The molecule has 1 fully saturated rings.